The number of nitrogens with one attached hydrogen (secondary N) is 4. The monoisotopic (exact) mass is 929 g/mol. The Bertz CT molecular complexity index is 1320. The Kier molecular flexibility index (Phi) is 28.1. The largest absolute Gasteiger partial charge is 0.378 e. The van der Waals surface area contributed by atoms with Gasteiger partial charge in [0, 0.05) is 70.1 Å². The molecule has 65 heavy (non-hydrogen) atoms. The fraction of sp³-hybridized carbons (Fsp3) is 0.923. The highest BCUT2D eigenvalue weighted by Gasteiger charge is 2.47. The molecule has 13 heteroatoms. The first-order valence-electron chi connectivity index (χ1n) is 24.1. The van der Waals surface area contributed by atoms with Gasteiger partial charge in [0.25, 0.3) is 0 Å². The van der Waals surface area contributed by atoms with Gasteiger partial charge in [-0.2, -0.15) is 0 Å². The van der Waals surface area contributed by atoms with Gasteiger partial charge in [-0.05, 0) is 51.8 Å². The number of hydrogen-bond donors (Lipinski definition) is 4. The molecule has 0 heterocycles. The normalized spacial score (nSPS) is 15.7. The predicted molar refractivity (Wildman–Crippen MR) is 267 cm³/mol. The van der Waals surface area contributed by atoms with Crippen LogP contribution in [0.3, 0.4) is 0 Å². The molecule has 13 nitrogen and oxygen atoms in total. The lowest BCUT2D eigenvalue weighted by molar-refractivity contribution is -0.122. The average molecular weight is 929 g/mol. The predicted octanol–water partition coefficient (Wildman–Crippen LogP) is 9.01. The van der Waals surface area contributed by atoms with Crippen LogP contribution in [0.5, 0.6) is 0 Å². The molecular weight excluding hydrogens is 825 g/mol. The minimum Gasteiger partial charge on any atom is -0.378 e. The van der Waals surface area contributed by atoms with Crippen LogP contribution in [-0.2, 0) is 42.9 Å². The van der Waals surface area contributed by atoms with Gasteiger partial charge in [0.2, 0.25) is 23.6 Å². The van der Waals surface area contributed by atoms with Crippen LogP contribution in [-0.4, -0.2) is 116 Å². The molecule has 0 bridgehead atoms. The Balaban J connectivity index is 0. The van der Waals surface area contributed by atoms with Crippen LogP contribution >= 0.6 is 0 Å². The fourth-order valence-electron chi connectivity index (χ4n) is 8.32. The maximum Gasteiger partial charge on any atom is 0.216 e. The molecule has 0 aliphatic carbocycles. The van der Waals surface area contributed by atoms with Crippen molar-refractivity contribution in [1.29, 1.82) is 0 Å². The highest BCUT2D eigenvalue weighted by Crippen LogP contribution is 2.49. The van der Waals surface area contributed by atoms with Crippen LogP contribution in [0.2, 0.25) is 0 Å². The van der Waals surface area contributed by atoms with Crippen LogP contribution in [0.1, 0.15) is 172 Å². The maximum atomic E-state index is 11.7. The van der Waals surface area contributed by atoms with Crippen molar-refractivity contribution in [3.63, 3.8) is 0 Å². The van der Waals surface area contributed by atoms with Gasteiger partial charge in [-0.1, -0.05) is 125 Å². The molecule has 386 valence electrons. The molecule has 3 unspecified atom stereocenters. The summed E-state index contributed by atoms with van der Waals surface area (Å²) in [6, 6.07) is 0. The molecule has 0 rings (SSSR count). The van der Waals surface area contributed by atoms with Gasteiger partial charge in [-0.25, -0.2) is 0 Å². The van der Waals surface area contributed by atoms with Crippen LogP contribution in [0.15, 0.2) is 0 Å². The van der Waals surface area contributed by atoms with E-state index in [0.29, 0.717) is 92.2 Å². The Hall–Kier alpha value is -2.32. The average Bonchev–Trinajstić information content (AvgIpc) is 3.08. The first-order valence-corrected chi connectivity index (χ1v) is 24.1. The molecule has 0 saturated heterocycles. The van der Waals surface area contributed by atoms with Gasteiger partial charge in [-0.15, -0.1) is 0 Å². The van der Waals surface area contributed by atoms with E-state index in [1.807, 2.05) is 0 Å². The van der Waals surface area contributed by atoms with Crippen molar-refractivity contribution < 1.29 is 42.9 Å². The molecule has 4 N–H and O–H groups in total. The summed E-state index contributed by atoms with van der Waals surface area (Å²) in [5, 5.41) is 11.8. The molecule has 0 radical (unpaired) electrons. The smallest absolute Gasteiger partial charge is 0.216 e. The highest BCUT2D eigenvalue weighted by atomic mass is 16.5. The summed E-state index contributed by atoms with van der Waals surface area (Å²) in [6.45, 7) is 53.5. The number of hydrogen-bond acceptors (Lipinski definition) is 9. The number of rotatable bonds is 27. The molecule has 0 fully saturated rings. The second-order valence-corrected chi connectivity index (χ2v) is 25.4. The lowest BCUT2D eigenvalue weighted by Gasteiger charge is -2.48. The standard InChI is InChI=1S/C32H64N2O5.C20H40N2O4/c1-25(35)33-21-31(29(9,10)11,19-27(3,4)5)23-38-17-15-37-16-18-39-24-32(30(12,13)14,20-28(6,7)8)22-34-26(2)36;1-16(23)21-9-10-25-11-12-26-15-20(19(6,7)8,13-18(3,4)5)14-22-17(2)24/h15-24H2,1-14H3,(H,33,35)(H,34,36);9-15H2,1-8H3,(H,21,23)(H,22,24). The molecule has 0 saturated carbocycles. The van der Waals surface area contributed by atoms with Crippen LogP contribution < -0.4 is 21.3 Å². The van der Waals surface area contributed by atoms with E-state index in [2.05, 4.69) is 146 Å². The van der Waals surface area contributed by atoms with E-state index in [4.69, 9.17) is 23.7 Å². The van der Waals surface area contributed by atoms with E-state index >= 15 is 0 Å². The second kappa shape index (κ2) is 28.2. The van der Waals surface area contributed by atoms with Crippen LogP contribution in [0, 0.1) is 48.7 Å². The summed E-state index contributed by atoms with van der Waals surface area (Å²) in [5.41, 5.74) is -0.403. The number of carbonyl (C=O) groups excluding carboxylic acids is 4. The molecule has 0 aromatic heterocycles. The summed E-state index contributed by atoms with van der Waals surface area (Å²) < 4.78 is 29.6. The van der Waals surface area contributed by atoms with E-state index in [1.54, 1.807) is 20.8 Å². The van der Waals surface area contributed by atoms with Crippen molar-refractivity contribution >= 4 is 23.6 Å². The SMILES string of the molecule is CC(=O)NCC(COCCOCCOCC(CNC(C)=O)(CC(C)(C)C)C(C)(C)C)(CC(C)(C)C)C(C)(C)C.CC(=O)NCCOCCOCC(CNC(C)=O)(CC(C)(C)C)C(C)(C)C. The lowest BCUT2D eigenvalue weighted by Crippen LogP contribution is -2.50. The van der Waals surface area contributed by atoms with Crippen molar-refractivity contribution in [3.05, 3.63) is 0 Å². The first-order chi connectivity index (χ1) is 29.2. The summed E-state index contributed by atoms with van der Waals surface area (Å²) in [5.74, 6) is -0.111. The molecule has 0 aliphatic heterocycles. The third kappa shape index (κ3) is 29.2. The zero-order valence-electron chi connectivity index (χ0n) is 46.2. The number of carbonyl (C=O) groups is 4. The van der Waals surface area contributed by atoms with E-state index in [1.165, 1.54) is 6.92 Å². The van der Waals surface area contributed by atoms with Crippen molar-refractivity contribution in [2.75, 3.05) is 92.2 Å². The van der Waals surface area contributed by atoms with Gasteiger partial charge < -0.3 is 45.0 Å². The first kappa shape index (κ1) is 64.8. The zero-order valence-corrected chi connectivity index (χ0v) is 46.2. The van der Waals surface area contributed by atoms with Gasteiger partial charge in [0.05, 0.1) is 66.1 Å². The topological polar surface area (TPSA) is 163 Å². The summed E-state index contributed by atoms with van der Waals surface area (Å²) in [6.07, 6.45) is 2.80. The second-order valence-electron chi connectivity index (χ2n) is 25.4. The summed E-state index contributed by atoms with van der Waals surface area (Å²) >= 11 is 0. The van der Waals surface area contributed by atoms with E-state index in [-0.39, 0.29) is 72.4 Å². The Labute approximate surface area is 399 Å². The third-order valence-corrected chi connectivity index (χ3v) is 12.3. The molecule has 0 aliphatic rings. The molecule has 0 aromatic rings. The number of amides is 4. The van der Waals surface area contributed by atoms with Gasteiger partial charge >= 0.3 is 0 Å². The third-order valence-electron chi connectivity index (χ3n) is 12.3. The van der Waals surface area contributed by atoms with Gasteiger partial charge in [0.15, 0.2) is 0 Å². The maximum absolute atomic E-state index is 11.7. The highest BCUT2D eigenvalue weighted by molar-refractivity contribution is 5.73. The van der Waals surface area contributed by atoms with Crippen molar-refractivity contribution in [2.24, 2.45) is 48.7 Å². The van der Waals surface area contributed by atoms with Crippen LogP contribution in [0.25, 0.3) is 0 Å². The number of ether oxygens (including phenoxy) is 5. The fourth-order valence-corrected chi connectivity index (χ4v) is 8.32. The van der Waals surface area contributed by atoms with E-state index < -0.39 is 0 Å². The molecule has 4 amide bonds. The summed E-state index contributed by atoms with van der Waals surface area (Å²) in [4.78, 5) is 45.8. The van der Waals surface area contributed by atoms with E-state index in [0.717, 1.165) is 19.3 Å². The lowest BCUT2D eigenvalue weighted by atomic mass is 9.60. The quantitative estimate of drug-likeness (QED) is 0.0589. The van der Waals surface area contributed by atoms with Gasteiger partial charge in [-0.3, -0.25) is 19.2 Å². The Morgan fingerprint density at radius 3 is 0.738 bits per heavy atom. The molecule has 3 atom stereocenters. The minimum atomic E-state index is -0.197. The minimum absolute atomic E-state index is 0.0177. The molecular formula is C52H104N4O9. The zero-order chi connectivity index (χ0) is 51.2. The molecule has 0 aromatic carbocycles. The molecule has 0 spiro atoms. The van der Waals surface area contributed by atoms with E-state index in [9.17, 15) is 19.2 Å². The van der Waals surface area contributed by atoms with Crippen molar-refractivity contribution in [3.8, 4) is 0 Å². The van der Waals surface area contributed by atoms with Gasteiger partial charge in [0.1, 0.15) is 0 Å². The summed E-state index contributed by atoms with van der Waals surface area (Å²) in [7, 11) is 0. The van der Waals surface area contributed by atoms with Crippen LogP contribution in [0.4, 0.5) is 0 Å². The van der Waals surface area contributed by atoms with Crippen molar-refractivity contribution in [1.82, 2.24) is 21.3 Å². The Morgan fingerprint density at radius 1 is 0.323 bits per heavy atom. The Morgan fingerprint density at radius 2 is 0.538 bits per heavy atom. The van der Waals surface area contributed by atoms with Crippen molar-refractivity contribution in [2.45, 2.75) is 172 Å².